The Morgan fingerprint density at radius 3 is 2.06 bits per heavy atom. The van der Waals surface area contributed by atoms with Crippen LogP contribution in [0.2, 0.25) is 0 Å². The molecule has 0 saturated heterocycles. The average Bonchev–Trinajstić information content (AvgIpc) is 2.80. The maximum atomic E-state index is 11.6. The van der Waals surface area contributed by atoms with Gasteiger partial charge in [0, 0.05) is 11.5 Å². The fourth-order valence-electron chi connectivity index (χ4n) is 3.50. The molecule has 0 atom stereocenters. The summed E-state index contributed by atoms with van der Waals surface area (Å²) >= 11 is 1.49. The van der Waals surface area contributed by atoms with Crippen LogP contribution in [0.3, 0.4) is 0 Å². The van der Waals surface area contributed by atoms with Gasteiger partial charge in [-0.1, -0.05) is 0 Å². The number of hydrogen-bond acceptors (Lipinski definition) is 3. The number of fused-ring (bicyclic) bond motifs is 2. The normalized spacial score (nSPS) is 35.1. The molecule has 2 N–H and O–H groups in total. The van der Waals surface area contributed by atoms with Crippen LogP contribution in [0.4, 0.5) is 0 Å². The van der Waals surface area contributed by atoms with Crippen LogP contribution >= 0.6 is 11.8 Å². The molecule has 0 spiro atoms. The Labute approximate surface area is 105 Å². The molecule has 0 radical (unpaired) electrons. The minimum Gasteiger partial charge on any atom is -0.481 e. The number of aliphatic carboxylic acids is 2. The Morgan fingerprint density at radius 1 is 1.12 bits per heavy atom. The molecule has 2 saturated carbocycles. The van der Waals surface area contributed by atoms with Crippen molar-refractivity contribution in [2.45, 2.75) is 32.1 Å². The number of thioether (sulfide) groups is 1. The predicted molar refractivity (Wildman–Crippen MR) is 65.1 cm³/mol. The fraction of sp³-hybridized carbons (Fsp3) is 0.833. The maximum absolute atomic E-state index is 11.6. The number of carboxylic acids is 2. The van der Waals surface area contributed by atoms with E-state index in [9.17, 15) is 14.7 Å². The van der Waals surface area contributed by atoms with Gasteiger partial charge in [-0.3, -0.25) is 9.59 Å². The Bertz CT molecular complexity index is 308. The quantitative estimate of drug-likeness (QED) is 0.713. The van der Waals surface area contributed by atoms with E-state index in [2.05, 4.69) is 0 Å². The summed E-state index contributed by atoms with van der Waals surface area (Å²) in [5.74, 6) is 0.278. The Hall–Kier alpha value is -0.710. The number of hydrogen-bond donors (Lipinski definition) is 2. The molecule has 0 aromatic carbocycles. The molecule has 2 aliphatic rings. The van der Waals surface area contributed by atoms with Crippen LogP contribution in [0.1, 0.15) is 32.1 Å². The molecule has 0 aromatic heterocycles. The zero-order chi connectivity index (χ0) is 12.5. The largest absolute Gasteiger partial charge is 0.481 e. The second-order valence-electron chi connectivity index (χ2n) is 5.09. The van der Waals surface area contributed by atoms with E-state index in [1.807, 2.05) is 0 Å². The Morgan fingerprint density at radius 2 is 1.65 bits per heavy atom. The van der Waals surface area contributed by atoms with Crippen LogP contribution in [-0.4, -0.2) is 33.7 Å². The van der Waals surface area contributed by atoms with Crippen molar-refractivity contribution in [2.75, 3.05) is 11.5 Å². The molecule has 17 heavy (non-hydrogen) atoms. The van der Waals surface area contributed by atoms with E-state index in [0.717, 1.165) is 25.7 Å². The summed E-state index contributed by atoms with van der Waals surface area (Å²) in [5.41, 5.74) is -0.552. The summed E-state index contributed by atoms with van der Waals surface area (Å²) in [5, 5.41) is 18.1. The fourth-order valence-corrected chi connectivity index (χ4v) is 4.90. The maximum Gasteiger partial charge on any atom is 0.311 e. The number of carboxylic acid groups (broad SMARTS) is 2. The first-order valence-electron chi connectivity index (χ1n) is 6.10. The van der Waals surface area contributed by atoms with Gasteiger partial charge < -0.3 is 10.2 Å². The lowest BCUT2D eigenvalue weighted by molar-refractivity contribution is -0.150. The minimum atomic E-state index is -0.809. The van der Waals surface area contributed by atoms with Crippen LogP contribution < -0.4 is 0 Å². The Kier molecular flexibility index (Phi) is 3.66. The van der Waals surface area contributed by atoms with Crippen LogP contribution in [0, 0.1) is 17.3 Å². The van der Waals surface area contributed by atoms with Crippen molar-refractivity contribution in [3.63, 3.8) is 0 Å². The van der Waals surface area contributed by atoms with E-state index in [-0.39, 0.29) is 6.42 Å². The lowest BCUT2D eigenvalue weighted by Gasteiger charge is -2.29. The number of rotatable bonds is 6. The lowest BCUT2D eigenvalue weighted by Crippen LogP contribution is -2.38. The van der Waals surface area contributed by atoms with Crippen molar-refractivity contribution in [1.29, 1.82) is 0 Å². The summed E-state index contributed by atoms with van der Waals surface area (Å²) in [6.07, 6.45) is 4.27. The van der Waals surface area contributed by atoms with Crippen molar-refractivity contribution in [3.05, 3.63) is 0 Å². The van der Waals surface area contributed by atoms with E-state index < -0.39 is 17.4 Å². The van der Waals surface area contributed by atoms with Crippen LogP contribution in [0.5, 0.6) is 0 Å². The molecule has 0 heterocycles. The molecule has 0 aliphatic heterocycles. The van der Waals surface area contributed by atoms with Crippen LogP contribution in [-0.2, 0) is 9.59 Å². The second-order valence-corrected chi connectivity index (χ2v) is 6.20. The van der Waals surface area contributed by atoms with Gasteiger partial charge in [-0.25, -0.2) is 0 Å². The molecule has 96 valence electrons. The summed E-state index contributed by atoms with van der Waals surface area (Å²) in [6.45, 7) is 0. The molecule has 2 fully saturated rings. The summed E-state index contributed by atoms with van der Waals surface area (Å²) in [6, 6.07) is 0. The van der Waals surface area contributed by atoms with E-state index in [0.29, 0.717) is 23.3 Å². The summed E-state index contributed by atoms with van der Waals surface area (Å²) in [4.78, 5) is 22.0. The average molecular weight is 258 g/mol. The first kappa shape index (κ1) is 12.7. The van der Waals surface area contributed by atoms with Gasteiger partial charge in [0.05, 0.1) is 11.8 Å². The van der Waals surface area contributed by atoms with E-state index in [1.165, 1.54) is 11.8 Å². The smallest absolute Gasteiger partial charge is 0.311 e. The topological polar surface area (TPSA) is 74.6 Å². The van der Waals surface area contributed by atoms with Gasteiger partial charge in [0.15, 0.2) is 0 Å². The van der Waals surface area contributed by atoms with Crippen LogP contribution in [0.15, 0.2) is 0 Å². The van der Waals surface area contributed by atoms with E-state index >= 15 is 0 Å². The van der Waals surface area contributed by atoms with Crippen molar-refractivity contribution in [3.8, 4) is 0 Å². The molecule has 2 rings (SSSR count). The van der Waals surface area contributed by atoms with Gasteiger partial charge in [0.25, 0.3) is 0 Å². The highest BCUT2D eigenvalue weighted by molar-refractivity contribution is 7.99. The molecule has 0 amide bonds. The molecule has 5 heteroatoms. The SMILES string of the molecule is O=C(O)CCSCC1(C(=O)O)C2CCC1CC2. The molecule has 2 bridgehead atoms. The van der Waals surface area contributed by atoms with Gasteiger partial charge in [0.1, 0.15) is 0 Å². The molecule has 2 aliphatic carbocycles. The minimum absolute atomic E-state index is 0.121. The lowest BCUT2D eigenvalue weighted by atomic mass is 9.79. The number of carbonyl (C=O) groups is 2. The molecule has 4 nitrogen and oxygen atoms in total. The third kappa shape index (κ3) is 2.17. The van der Waals surface area contributed by atoms with Gasteiger partial charge in [-0.2, -0.15) is 11.8 Å². The highest BCUT2D eigenvalue weighted by Crippen LogP contribution is 2.59. The monoisotopic (exact) mass is 258 g/mol. The molecular formula is C12H18O4S. The second kappa shape index (κ2) is 4.88. The van der Waals surface area contributed by atoms with Crippen molar-refractivity contribution in [1.82, 2.24) is 0 Å². The van der Waals surface area contributed by atoms with Gasteiger partial charge in [-0.15, -0.1) is 0 Å². The Balaban J connectivity index is 1.95. The van der Waals surface area contributed by atoms with E-state index in [4.69, 9.17) is 5.11 Å². The highest BCUT2D eigenvalue weighted by Gasteiger charge is 2.58. The summed E-state index contributed by atoms with van der Waals surface area (Å²) in [7, 11) is 0. The van der Waals surface area contributed by atoms with Gasteiger partial charge in [0.2, 0.25) is 0 Å². The van der Waals surface area contributed by atoms with Crippen LogP contribution in [0.25, 0.3) is 0 Å². The molecule has 0 aromatic rings. The van der Waals surface area contributed by atoms with Crippen molar-refractivity contribution < 1.29 is 19.8 Å². The van der Waals surface area contributed by atoms with E-state index in [1.54, 1.807) is 0 Å². The van der Waals surface area contributed by atoms with Crippen molar-refractivity contribution >= 4 is 23.7 Å². The zero-order valence-electron chi connectivity index (χ0n) is 9.72. The molecule has 0 unspecified atom stereocenters. The van der Waals surface area contributed by atoms with Gasteiger partial charge in [-0.05, 0) is 37.5 Å². The molecular weight excluding hydrogens is 240 g/mol. The third-order valence-corrected chi connectivity index (χ3v) is 5.56. The third-order valence-electron chi connectivity index (χ3n) is 4.38. The van der Waals surface area contributed by atoms with Gasteiger partial charge >= 0.3 is 11.9 Å². The first-order valence-corrected chi connectivity index (χ1v) is 7.25. The summed E-state index contributed by atoms with van der Waals surface area (Å²) < 4.78 is 0. The zero-order valence-corrected chi connectivity index (χ0v) is 10.5. The standard InChI is InChI=1S/C12H18O4S/c13-10(14)5-6-17-7-12(11(15)16)8-1-2-9(12)4-3-8/h8-9H,1-7H2,(H,13,14)(H,15,16). The predicted octanol–water partition coefficient (Wildman–Crippen LogP) is 2.09. The first-order chi connectivity index (χ1) is 8.07. The highest BCUT2D eigenvalue weighted by atomic mass is 32.2. The van der Waals surface area contributed by atoms with Crippen molar-refractivity contribution in [2.24, 2.45) is 17.3 Å².